The lowest BCUT2D eigenvalue weighted by atomic mass is 9.93. The zero-order valence-electron chi connectivity index (χ0n) is 17.6. The summed E-state index contributed by atoms with van der Waals surface area (Å²) < 4.78 is 32.9. The molecule has 0 radical (unpaired) electrons. The molecule has 0 fully saturated rings. The van der Waals surface area contributed by atoms with E-state index in [4.69, 9.17) is 4.74 Å². The molecular formula is C22H30N2O4S. The Morgan fingerprint density at radius 2 is 1.52 bits per heavy atom. The largest absolute Gasteiger partial charge is 0.497 e. The zero-order valence-corrected chi connectivity index (χ0v) is 18.4. The van der Waals surface area contributed by atoms with E-state index in [1.165, 1.54) is 19.2 Å². The lowest BCUT2D eigenvalue weighted by molar-refractivity contribution is -0.121. The second-order valence-corrected chi connectivity index (χ2v) is 9.47. The summed E-state index contributed by atoms with van der Waals surface area (Å²) in [6.45, 7) is 7.85. The third-order valence-electron chi connectivity index (χ3n) is 4.74. The minimum atomic E-state index is -3.93. The van der Waals surface area contributed by atoms with Crippen LogP contribution in [0.15, 0.2) is 59.5 Å². The standard InChI is InChI=1S/C22H30N2O4S/c1-16(2)22(17(3)4)23-21(25)15-24(18-9-7-6-8-10-18)29(26,27)20-13-11-19(28-5)12-14-20/h6-14,16-17,22H,15H2,1-5H3,(H,23,25). The van der Waals surface area contributed by atoms with Gasteiger partial charge in [-0.1, -0.05) is 45.9 Å². The maximum atomic E-state index is 13.3. The fourth-order valence-corrected chi connectivity index (χ4v) is 4.67. The molecule has 0 aliphatic rings. The molecule has 2 aromatic carbocycles. The highest BCUT2D eigenvalue weighted by Gasteiger charge is 2.28. The number of carbonyl (C=O) groups is 1. The maximum Gasteiger partial charge on any atom is 0.264 e. The number of nitrogens with zero attached hydrogens (tertiary/aromatic N) is 1. The zero-order chi connectivity index (χ0) is 21.6. The van der Waals surface area contributed by atoms with E-state index in [-0.39, 0.29) is 35.2 Å². The Hall–Kier alpha value is -2.54. The number of hydrogen-bond donors (Lipinski definition) is 1. The van der Waals surface area contributed by atoms with Crippen molar-refractivity contribution in [1.29, 1.82) is 0 Å². The van der Waals surface area contributed by atoms with Gasteiger partial charge in [0.15, 0.2) is 0 Å². The van der Waals surface area contributed by atoms with Crippen molar-refractivity contribution in [3.63, 3.8) is 0 Å². The van der Waals surface area contributed by atoms with Gasteiger partial charge < -0.3 is 10.1 Å². The van der Waals surface area contributed by atoms with Crippen LogP contribution in [0.2, 0.25) is 0 Å². The van der Waals surface area contributed by atoms with E-state index in [2.05, 4.69) is 5.32 Å². The Morgan fingerprint density at radius 1 is 0.966 bits per heavy atom. The predicted molar refractivity (Wildman–Crippen MR) is 116 cm³/mol. The van der Waals surface area contributed by atoms with E-state index in [0.717, 1.165) is 4.31 Å². The number of hydrogen-bond acceptors (Lipinski definition) is 4. The minimum Gasteiger partial charge on any atom is -0.497 e. The summed E-state index contributed by atoms with van der Waals surface area (Å²) in [5.41, 5.74) is 0.434. The Labute approximate surface area is 173 Å². The third-order valence-corrected chi connectivity index (χ3v) is 6.53. The molecule has 0 aliphatic heterocycles. The van der Waals surface area contributed by atoms with Crippen molar-refractivity contribution in [1.82, 2.24) is 5.32 Å². The Morgan fingerprint density at radius 3 is 2.00 bits per heavy atom. The van der Waals surface area contributed by atoms with Crippen molar-refractivity contribution in [3.05, 3.63) is 54.6 Å². The number of para-hydroxylation sites is 1. The molecule has 0 atom stereocenters. The van der Waals surface area contributed by atoms with Crippen LogP contribution in [0.5, 0.6) is 5.75 Å². The molecule has 0 aliphatic carbocycles. The van der Waals surface area contributed by atoms with Gasteiger partial charge in [0.2, 0.25) is 5.91 Å². The lowest BCUT2D eigenvalue weighted by Gasteiger charge is -2.29. The molecule has 1 N–H and O–H groups in total. The first kappa shape index (κ1) is 22.7. The van der Waals surface area contributed by atoms with Crippen molar-refractivity contribution in [3.8, 4) is 5.75 Å². The number of anilines is 1. The summed E-state index contributed by atoms with van der Waals surface area (Å²) >= 11 is 0. The smallest absolute Gasteiger partial charge is 0.264 e. The molecular weight excluding hydrogens is 388 g/mol. The molecule has 6 nitrogen and oxygen atoms in total. The first-order valence-electron chi connectivity index (χ1n) is 9.68. The summed E-state index contributed by atoms with van der Waals surface area (Å²) in [4.78, 5) is 12.9. The SMILES string of the molecule is COc1ccc(S(=O)(=O)N(CC(=O)NC(C(C)C)C(C)C)c2ccccc2)cc1. The van der Waals surface area contributed by atoms with Crippen molar-refractivity contribution in [2.45, 2.75) is 38.6 Å². The molecule has 0 aromatic heterocycles. The number of ether oxygens (including phenoxy) is 1. The predicted octanol–water partition coefficient (Wildman–Crippen LogP) is 3.69. The average molecular weight is 419 g/mol. The maximum absolute atomic E-state index is 13.3. The molecule has 0 saturated carbocycles. The fraction of sp³-hybridized carbons (Fsp3) is 0.409. The third kappa shape index (κ3) is 5.73. The van der Waals surface area contributed by atoms with Crippen LogP contribution in [-0.2, 0) is 14.8 Å². The highest BCUT2D eigenvalue weighted by molar-refractivity contribution is 7.92. The van der Waals surface area contributed by atoms with Gasteiger partial charge in [0, 0.05) is 6.04 Å². The number of benzene rings is 2. The lowest BCUT2D eigenvalue weighted by Crippen LogP contribution is -2.47. The Balaban J connectivity index is 2.36. The van der Waals surface area contributed by atoms with Crippen LogP contribution in [0.25, 0.3) is 0 Å². The van der Waals surface area contributed by atoms with Gasteiger partial charge in [0.25, 0.3) is 10.0 Å². The molecule has 158 valence electrons. The van der Waals surface area contributed by atoms with Crippen LogP contribution in [0.1, 0.15) is 27.7 Å². The van der Waals surface area contributed by atoms with E-state index in [1.807, 2.05) is 27.7 Å². The van der Waals surface area contributed by atoms with Gasteiger partial charge in [-0.25, -0.2) is 8.42 Å². The normalized spacial score (nSPS) is 11.7. The molecule has 1 amide bonds. The van der Waals surface area contributed by atoms with Gasteiger partial charge in [-0.2, -0.15) is 0 Å². The van der Waals surface area contributed by atoms with Crippen LogP contribution in [-0.4, -0.2) is 34.0 Å². The van der Waals surface area contributed by atoms with E-state index < -0.39 is 10.0 Å². The summed E-state index contributed by atoms with van der Waals surface area (Å²) in [7, 11) is -2.42. The van der Waals surface area contributed by atoms with E-state index in [1.54, 1.807) is 42.5 Å². The number of nitrogens with one attached hydrogen (secondary N) is 1. The summed E-state index contributed by atoms with van der Waals surface area (Å²) in [5, 5.41) is 2.99. The first-order valence-corrected chi connectivity index (χ1v) is 11.1. The van der Waals surface area contributed by atoms with Gasteiger partial charge in [0.1, 0.15) is 12.3 Å². The second kappa shape index (κ2) is 9.78. The molecule has 0 heterocycles. The van der Waals surface area contributed by atoms with Crippen LogP contribution in [0.4, 0.5) is 5.69 Å². The highest BCUT2D eigenvalue weighted by atomic mass is 32.2. The summed E-state index contributed by atoms with van der Waals surface area (Å²) in [5.74, 6) is 0.702. The molecule has 0 saturated heterocycles. The van der Waals surface area contributed by atoms with Gasteiger partial charge in [-0.3, -0.25) is 9.10 Å². The monoisotopic (exact) mass is 418 g/mol. The van der Waals surface area contributed by atoms with E-state index >= 15 is 0 Å². The Bertz CT molecular complexity index is 886. The Kier molecular flexibility index (Phi) is 7.67. The summed E-state index contributed by atoms with van der Waals surface area (Å²) in [6, 6.07) is 14.7. The van der Waals surface area contributed by atoms with Crippen molar-refractivity contribution in [2.75, 3.05) is 18.0 Å². The molecule has 2 rings (SSSR count). The molecule has 29 heavy (non-hydrogen) atoms. The van der Waals surface area contributed by atoms with Gasteiger partial charge >= 0.3 is 0 Å². The highest BCUT2D eigenvalue weighted by Crippen LogP contribution is 2.25. The van der Waals surface area contributed by atoms with Crippen LogP contribution < -0.4 is 14.4 Å². The van der Waals surface area contributed by atoms with Crippen molar-refractivity contribution >= 4 is 21.6 Å². The van der Waals surface area contributed by atoms with E-state index in [9.17, 15) is 13.2 Å². The van der Waals surface area contributed by atoms with Gasteiger partial charge in [-0.05, 0) is 48.2 Å². The number of rotatable bonds is 9. The van der Waals surface area contributed by atoms with Gasteiger partial charge in [-0.15, -0.1) is 0 Å². The quantitative estimate of drug-likeness (QED) is 0.674. The molecule has 0 bridgehead atoms. The molecule has 2 aromatic rings. The second-order valence-electron chi connectivity index (χ2n) is 7.60. The number of methoxy groups -OCH3 is 1. The van der Waals surface area contributed by atoms with Crippen LogP contribution >= 0.6 is 0 Å². The number of amides is 1. The van der Waals surface area contributed by atoms with Crippen LogP contribution in [0, 0.1) is 11.8 Å². The van der Waals surface area contributed by atoms with Crippen molar-refractivity contribution < 1.29 is 17.9 Å². The number of carbonyl (C=O) groups excluding carboxylic acids is 1. The van der Waals surface area contributed by atoms with Crippen molar-refractivity contribution in [2.24, 2.45) is 11.8 Å². The first-order chi connectivity index (χ1) is 13.7. The molecule has 7 heteroatoms. The average Bonchev–Trinajstić information content (AvgIpc) is 2.70. The number of sulfonamides is 1. The van der Waals surface area contributed by atoms with Crippen LogP contribution in [0.3, 0.4) is 0 Å². The summed E-state index contributed by atoms with van der Waals surface area (Å²) in [6.07, 6.45) is 0. The van der Waals surface area contributed by atoms with E-state index in [0.29, 0.717) is 11.4 Å². The minimum absolute atomic E-state index is 0.0381. The topological polar surface area (TPSA) is 75.7 Å². The molecule has 0 spiro atoms. The molecule has 0 unspecified atom stereocenters. The van der Waals surface area contributed by atoms with Gasteiger partial charge in [0.05, 0.1) is 17.7 Å². The fourth-order valence-electron chi connectivity index (χ4n) is 3.25.